The second kappa shape index (κ2) is 10.0. The molecule has 3 heteroatoms. The van der Waals surface area contributed by atoms with Crippen LogP contribution in [0.4, 0.5) is 0 Å². The van der Waals surface area contributed by atoms with Gasteiger partial charge in [-0.25, -0.2) is 4.79 Å². The molecule has 0 aliphatic rings. The molecule has 106 valence electrons. The molecule has 0 N–H and O–H groups in total. The van der Waals surface area contributed by atoms with E-state index in [0.29, 0.717) is 12.2 Å². The van der Waals surface area contributed by atoms with Crippen LogP contribution in [0.2, 0.25) is 0 Å². The Balaban J connectivity index is 2.06. The van der Waals surface area contributed by atoms with Crippen molar-refractivity contribution in [1.29, 1.82) is 0 Å². The van der Waals surface area contributed by atoms with Crippen molar-refractivity contribution in [3.05, 3.63) is 34.3 Å². The summed E-state index contributed by atoms with van der Waals surface area (Å²) in [7, 11) is 0. The third-order valence-electron chi connectivity index (χ3n) is 3.06. The van der Waals surface area contributed by atoms with Gasteiger partial charge in [-0.2, -0.15) is 0 Å². The predicted octanol–water partition coefficient (Wildman–Crippen LogP) is 5.36. The quantitative estimate of drug-likeness (QED) is 0.451. The van der Waals surface area contributed by atoms with Crippen LogP contribution in [0.25, 0.3) is 0 Å². The van der Waals surface area contributed by atoms with Crippen molar-refractivity contribution in [3.63, 3.8) is 0 Å². The molecule has 1 aromatic rings. The molecule has 0 bridgehead atoms. The lowest BCUT2D eigenvalue weighted by Crippen LogP contribution is -2.06. The summed E-state index contributed by atoms with van der Waals surface area (Å²) in [6.07, 6.45) is 8.61. The molecule has 0 radical (unpaired) electrons. The van der Waals surface area contributed by atoms with E-state index in [1.807, 2.05) is 12.1 Å². The molecule has 0 spiro atoms. The fourth-order valence-electron chi connectivity index (χ4n) is 1.89. The van der Waals surface area contributed by atoms with Crippen molar-refractivity contribution in [2.24, 2.45) is 0 Å². The number of halogens is 1. The Morgan fingerprint density at radius 3 is 2.21 bits per heavy atom. The van der Waals surface area contributed by atoms with Crippen molar-refractivity contribution in [2.75, 3.05) is 6.61 Å². The summed E-state index contributed by atoms with van der Waals surface area (Å²) in [4.78, 5) is 11.7. The molecule has 2 nitrogen and oxygen atoms in total. The van der Waals surface area contributed by atoms with E-state index in [4.69, 9.17) is 4.74 Å². The van der Waals surface area contributed by atoms with Gasteiger partial charge >= 0.3 is 5.97 Å². The van der Waals surface area contributed by atoms with Crippen LogP contribution in [0.5, 0.6) is 0 Å². The number of benzene rings is 1. The van der Waals surface area contributed by atoms with E-state index in [9.17, 15) is 4.79 Å². The highest BCUT2D eigenvalue weighted by Crippen LogP contribution is 2.12. The molecule has 0 saturated carbocycles. The van der Waals surface area contributed by atoms with E-state index >= 15 is 0 Å². The van der Waals surface area contributed by atoms with E-state index in [1.54, 1.807) is 12.1 Å². The van der Waals surface area contributed by atoms with E-state index in [2.05, 4.69) is 22.9 Å². The van der Waals surface area contributed by atoms with Crippen LogP contribution in [0.15, 0.2) is 28.7 Å². The van der Waals surface area contributed by atoms with Crippen LogP contribution in [0.3, 0.4) is 0 Å². The Morgan fingerprint density at radius 2 is 1.58 bits per heavy atom. The summed E-state index contributed by atoms with van der Waals surface area (Å²) in [5, 5.41) is 0. The maximum absolute atomic E-state index is 11.7. The summed E-state index contributed by atoms with van der Waals surface area (Å²) >= 11 is 3.34. The highest BCUT2D eigenvalue weighted by molar-refractivity contribution is 9.10. The minimum Gasteiger partial charge on any atom is -0.462 e. The smallest absolute Gasteiger partial charge is 0.338 e. The zero-order chi connectivity index (χ0) is 13.9. The highest BCUT2D eigenvalue weighted by Gasteiger charge is 2.05. The minimum atomic E-state index is -0.224. The van der Waals surface area contributed by atoms with Crippen LogP contribution in [-0.4, -0.2) is 12.6 Å². The topological polar surface area (TPSA) is 26.3 Å². The van der Waals surface area contributed by atoms with Gasteiger partial charge in [0.2, 0.25) is 0 Å². The largest absolute Gasteiger partial charge is 0.462 e. The molecule has 0 saturated heterocycles. The van der Waals surface area contributed by atoms with Gasteiger partial charge in [0.05, 0.1) is 12.2 Å². The lowest BCUT2D eigenvalue weighted by atomic mass is 10.1. The predicted molar refractivity (Wildman–Crippen MR) is 82.4 cm³/mol. The molecule has 1 rings (SSSR count). The SMILES string of the molecule is CCCCCCCCCOC(=O)c1ccc(Br)cc1. The minimum absolute atomic E-state index is 0.224. The Labute approximate surface area is 124 Å². The molecule has 0 fully saturated rings. The number of unbranched alkanes of at least 4 members (excludes halogenated alkanes) is 6. The third kappa shape index (κ3) is 7.36. The third-order valence-corrected chi connectivity index (χ3v) is 3.59. The molecule has 0 atom stereocenters. The zero-order valence-corrected chi connectivity index (χ0v) is 13.2. The number of ether oxygens (including phenoxy) is 1. The van der Waals surface area contributed by atoms with E-state index in [0.717, 1.165) is 17.3 Å². The summed E-state index contributed by atoms with van der Waals surface area (Å²) < 4.78 is 6.21. The number of esters is 1. The van der Waals surface area contributed by atoms with Crippen molar-refractivity contribution >= 4 is 21.9 Å². The molecule has 0 amide bonds. The Morgan fingerprint density at radius 1 is 1.00 bits per heavy atom. The van der Waals surface area contributed by atoms with Crippen molar-refractivity contribution < 1.29 is 9.53 Å². The molecular formula is C16H23BrO2. The molecule has 0 aliphatic carbocycles. The van der Waals surface area contributed by atoms with Crippen LogP contribution >= 0.6 is 15.9 Å². The first-order valence-corrected chi connectivity index (χ1v) is 7.96. The lowest BCUT2D eigenvalue weighted by molar-refractivity contribution is 0.0497. The van der Waals surface area contributed by atoms with Gasteiger partial charge in [0.1, 0.15) is 0 Å². The number of carbonyl (C=O) groups is 1. The Bertz CT molecular complexity index is 360. The van der Waals surface area contributed by atoms with Gasteiger partial charge in [-0.1, -0.05) is 61.4 Å². The second-order valence-electron chi connectivity index (χ2n) is 4.76. The summed E-state index contributed by atoms with van der Waals surface area (Å²) in [6, 6.07) is 7.25. The molecular weight excluding hydrogens is 304 g/mol. The van der Waals surface area contributed by atoms with E-state index in [-0.39, 0.29) is 5.97 Å². The highest BCUT2D eigenvalue weighted by atomic mass is 79.9. The first kappa shape index (κ1) is 16.2. The summed E-state index contributed by atoms with van der Waals surface area (Å²) in [5.74, 6) is -0.224. The Kier molecular flexibility index (Phi) is 8.55. The first-order valence-electron chi connectivity index (χ1n) is 7.16. The van der Waals surface area contributed by atoms with Gasteiger partial charge in [0.15, 0.2) is 0 Å². The van der Waals surface area contributed by atoms with Crippen molar-refractivity contribution in [2.45, 2.75) is 51.9 Å². The van der Waals surface area contributed by atoms with Crippen LogP contribution in [0, 0.1) is 0 Å². The monoisotopic (exact) mass is 326 g/mol. The number of hydrogen-bond acceptors (Lipinski definition) is 2. The zero-order valence-electron chi connectivity index (χ0n) is 11.7. The normalized spacial score (nSPS) is 10.4. The van der Waals surface area contributed by atoms with Crippen molar-refractivity contribution in [3.8, 4) is 0 Å². The lowest BCUT2D eigenvalue weighted by Gasteiger charge is -2.05. The van der Waals surface area contributed by atoms with Crippen LogP contribution in [0.1, 0.15) is 62.2 Å². The summed E-state index contributed by atoms with van der Waals surface area (Å²) in [6.45, 7) is 2.75. The van der Waals surface area contributed by atoms with Gasteiger partial charge in [-0.3, -0.25) is 0 Å². The fourth-order valence-corrected chi connectivity index (χ4v) is 2.16. The maximum Gasteiger partial charge on any atom is 0.338 e. The number of hydrogen-bond donors (Lipinski definition) is 0. The van der Waals surface area contributed by atoms with Crippen LogP contribution in [-0.2, 0) is 4.74 Å². The average molecular weight is 327 g/mol. The van der Waals surface area contributed by atoms with E-state index < -0.39 is 0 Å². The van der Waals surface area contributed by atoms with Gasteiger partial charge in [0.25, 0.3) is 0 Å². The molecule has 19 heavy (non-hydrogen) atoms. The second-order valence-corrected chi connectivity index (χ2v) is 5.68. The Hall–Kier alpha value is -0.830. The fraction of sp³-hybridized carbons (Fsp3) is 0.562. The molecule has 0 heterocycles. The van der Waals surface area contributed by atoms with Crippen LogP contribution < -0.4 is 0 Å². The molecule has 0 aliphatic heterocycles. The standard InChI is InChI=1S/C16H23BrO2/c1-2-3-4-5-6-7-8-13-19-16(18)14-9-11-15(17)12-10-14/h9-12H,2-8,13H2,1H3. The summed E-state index contributed by atoms with van der Waals surface area (Å²) in [5.41, 5.74) is 0.617. The molecule has 0 aromatic heterocycles. The van der Waals surface area contributed by atoms with Gasteiger partial charge in [-0.15, -0.1) is 0 Å². The molecule has 0 unspecified atom stereocenters. The van der Waals surface area contributed by atoms with Gasteiger partial charge in [-0.05, 0) is 30.7 Å². The first-order chi connectivity index (χ1) is 9.24. The van der Waals surface area contributed by atoms with Crippen molar-refractivity contribution in [1.82, 2.24) is 0 Å². The maximum atomic E-state index is 11.7. The van der Waals surface area contributed by atoms with Gasteiger partial charge in [0, 0.05) is 4.47 Å². The number of carbonyl (C=O) groups excluding carboxylic acids is 1. The van der Waals surface area contributed by atoms with Gasteiger partial charge < -0.3 is 4.74 Å². The molecule has 1 aromatic carbocycles. The van der Waals surface area contributed by atoms with E-state index in [1.165, 1.54) is 32.1 Å². The number of rotatable bonds is 9. The average Bonchev–Trinajstić information content (AvgIpc) is 2.42.